The molecule has 6 aromatic carbocycles. The highest BCUT2D eigenvalue weighted by atomic mass is 14.8. The molecule has 0 spiro atoms. The monoisotopic (exact) mass is 531 g/mol. The molecule has 0 atom stereocenters. The van der Waals surface area contributed by atoms with Crippen molar-refractivity contribution in [2.24, 2.45) is 15.0 Å². The highest BCUT2D eigenvalue weighted by Crippen LogP contribution is 2.22. The lowest BCUT2D eigenvalue weighted by Gasteiger charge is -2.03. The molecule has 0 aliphatic carbocycles. The Bertz CT molecular complexity index is 1800. The van der Waals surface area contributed by atoms with Crippen LogP contribution in [-0.2, 0) is 13.0 Å². The van der Waals surface area contributed by atoms with E-state index in [0.717, 1.165) is 29.8 Å². The number of hydrogen-bond donors (Lipinski definition) is 0. The summed E-state index contributed by atoms with van der Waals surface area (Å²) < 4.78 is 0. The zero-order valence-electron chi connectivity index (χ0n) is 23.3. The predicted molar refractivity (Wildman–Crippen MR) is 175 cm³/mol. The first kappa shape index (κ1) is 27.5. The quantitative estimate of drug-likeness (QED) is 0.184. The smallest absolute Gasteiger partial charge is 0.0952 e. The van der Waals surface area contributed by atoms with Crippen molar-refractivity contribution in [3.05, 3.63) is 157 Å². The van der Waals surface area contributed by atoms with Crippen molar-refractivity contribution in [2.45, 2.75) is 26.3 Å². The molecule has 0 N–H and O–H groups in total. The maximum atomic E-state index is 4.74. The standard InChI is InChI=1S/C20H19N.C18H14N2/c1-16(11-12-17-7-3-2-4-8-17)21-20-14-13-18-9-5-6-10-19(18)15-20;1-2-6-15(7-3-1)13-19-14-20-18-11-10-16-8-4-5-9-17(16)12-18/h2-10,13-15H,11-12H2,1H3;1-12H,13H2. The molecule has 0 bridgehead atoms. The Morgan fingerprint density at radius 1 is 0.537 bits per heavy atom. The van der Waals surface area contributed by atoms with Crippen molar-refractivity contribution in [3.8, 4) is 0 Å². The molecule has 3 nitrogen and oxygen atoms in total. The second-order valence-corrected chi connectivity index (χ2v) is 9.91. The van der Waals surface area contributed by atoms with E-state index in [9.17, 15) is 0 Å². The van der Waals surface area contributed by atoms with Gasteiger partial charge in [0.1, 0.15) is 0 Å². The summed E-state index contributed by atoms with van der Waals surface area (Å²) in [6.45, 7) is 2.72. The van der Waals surface area contributed by atoms with Gasteiger partial charge in [-0.25, -0.2) is 4.99 Å². The van der Waals surface area contributed by atoms with Gasteiger partial charge in [-0.05, 0) is 76.7 Å². The molecule has 0 saturated heterocycles. The molecule has 0 aliphatic rings. The topological polar surface area (TPSA) is 37.1 Å². The second kappa shape index (κ2) is 14.3. The molecular formula is C38H33N3. The van der Waals surface area contributed by atoms with Crippen molar-refractivity contribution in [1.82, 2.24) is 0 Å². The highest BCUT2D eigenvalue weighted by Gasteiger charge is 1.98. The number of aliphatic imine (C=N–C) groups is 3. The van der Waals surface area contributed by atoms with Gasteiger partial charge in [0.15, 0.2) is 0 Å². The van der Waals surface area contributed by atoms with Gasteiger partial charge < -0.3 is 0 Å². The predicted octanol–water partition coefficient (Wildman–Crippen LogP) is 10.4. The Hall–Kier alpha value is -5.11. The van der Waals surface area contributed by atoms with Gasteiger partial charge in [-0.2, -0.15) is 4.99 Å². The van der Waals surface area contributed by atoms with Crippen molar-refractivity contribution in [3.63, 3.8) is 0 Å². The van der Waals surface area contributed by atoms with Crippen LogP contribution in [0.3, 0.4) is 0 Å². The van der Waals surface area contributed by atoms with E-state index in [1.165, 1.54) is 32.8 Å². The molecule has 41 heavy (non-hydrogen) atoms. The third kappa shape index (κ3) is 8.44. The summed E-state index contributed by atoms with van der Waals surface area (Å²) >= 11 is 0. The summed E-state index contributed by atoms with van der Waals surface area (Å²) in [6.07, 6.45) is 2.04. The van der Waals surface area contributed by atoms with Crippen molar-refractivity contribution in [2.75, 3.05) is 0 Å². The van der Waals surface area contributed by atoms with E-state index in [4.69, 9.17) is 4.99 Å². The van der Waals surface area contributed by atoms with Gasteiger partial charge in [0, 0.05) is 5.71 Å². The number of rotatable bonds is 7. The number of benzene rings is 6. The average Bonchev–Trinajstić information content (AvgIpc) is 3.03. The summed E-state index contributed by atoms with van der Waals surface area (Å²) in [5.74, 6) is 0. The van der Waals surface area contributed by atoms with Crippen molar-refractivity contribution in [1.29, 1.82) is 0 Å². The van der Waals surface area contributed by atoms with E-state index in [1.54, 1.807) is 0 Å². The van der Waals surface area contributed by atoms with E-state index >= 15 is 0 Å². The van der Waals surface area contributed by atoms with Crippen LogP contribution in [0.2, 0.25) is 0 Å². The summed E-state index contributed by atoms with van der Waals surface area (Å²) in [5.41, 5.74) is 5.62. The lowest BCUT2D eigenvalue weighted by Crippen LogP contribution is -1.94. The van der Waals surface area contributed by atoms with Crippen LogP contribution in [-0.4, -0.2) is 11.7 Å². The number of hydrogen-bond acceptors (Lipinski definition) is 3. The number of nitrogens with zero attached hydrogens (tertiary/aromatic N) is 3. The lowest BCUT2D eigenvalue weighted by molar-refractivity contribution is 1.03. The van der Waals surface area contributed by atoms with Gasteiger partial charge in [0.2, 0.25) is 0 Å². The van der Waals surface area contributed by atoms with Crippen LogP contribution in [0, 0.1) is 0 Å². The van der Waals surface area contributed by atoms with Gasteiger partial charge >= 0.3 is 0 Å². The lowest BCUT2D eigenvalue weighted by atomic mass is 10.1. The molecule has 0 fully saturated rings. The summed E-state index contributed by atoms with van der Waals surface area (Å²) in [7, 11) is 0. The van der Waals surface area contributed by atoms with E-state index in [0.29, 0.717) is 6.54 Å². The van der Waals surface area contributed by atoms with Crippen LogP contribution in [0.5, 0.6) is 0 Å². The number of aryl methyl sites for hydroxylation is 1. The first-order chi connectivity index (χ1) is 20.2. The molecule has 0 aromatic heterocycles. The summed E-state index contributed by atoms with van der Waals surface area (Å²) in [5, 5.41) is 4.90. The molecular weight excluding hydrogens is 498 g/mol. The number of fused-ring (bicyclic) bond motifs is 2. The van der Waals surface area contributed by atoms with E-state index in [1.807, 2.05) is 54.6 Å². The molecule has 0 aliphatic heterocycles. The summed E-state index contributed by atoms with van der Waals surface area (Å²) in [4.78, 5) is 13.2. The minimum absolute atomic E-state index is 0.609. The first-order valence-electron chi connectivity index (χ1n) is 13.9. The van der Waals surface area contributed by atoms with Crippen molar-refractivity contribution >= 4 is 44.6 Å². The van der Waals surface area contributed by atoms with E-state index in [-0.39, 0.29) is 0 Å². The molecule has 6 rings (SSSR count). The van der Waals surface area contributed by atoms with Crippen LogP contribution in [0.25, 0.3) is 21.5 Å². The fraction of sp³-hybridized carbons (Fsp3) is 0.105. The van der Waals surface area contributed by atoms with Crippen LogP contribution in [0.15, 0.2) is 161 Å². The van der Waals surface area contributed by atoms with Gasteiger partial charge in [0.25, 0.3) is 0 Å². The van der Waals surface area contributed by atoms with Crippen LogP contribution in [0.1, 0.15) is 24.5 Å². The third-order valence-corrected chi connectivity index (χ3v) is 6.76. The van der Waals surface area contributed by atoms with Gasteiger partial charge in [0.05, 0.1) is 23.9 Å². The van der Waals surface area contributed by atoms with Gasteiger partial charge in [-0.15, -0.1) is 0 Å². The molecule has 0 saturated carbocycles. The molecule has 0 heterocycles. The Labute approximate surface area is 242 Å². The third-order valence-electron chi connectivity index (χ3n) is 6.76. The molecule has 0 unspecified atom stereocenters. The Balaban J connectivity index is 0.000000165. The van der Waals surface area contributed by atoms with Crippen molar-refractivity contribution < 1.29 is 0 Å². The van der Waals surface area contributed by atoms with Crippen LogP contribution < -0.4 is 0 Å². The molecule has 6 aromatic rings. The average molecular weight is 532 g/mol. The second-order valence-electron chi connectivity index (χ2n) is 9.91. The molecule has 3 heteroatoms. The Kier molecular flexibility index (Phi) is 9.59. The van der Waals surface area contributed by atoms with Gasteiger partial charge in [-0.3, -0.25) is 4.99 Å². The molecule has 0 radical (unpaired) electrons. The largest absolute Gasteiger partial charge is 0.258 e. The minimum atomic E-state index is 0.609. The first-order valence-corrected chi connectivity index (χ1v) is 13.9. The normalized spacial score (nSPS) is 10.9. The fourth-order valence-electron chi connectivity index (χ4n) is 4.54. The summed E-state index contributed by atoms with van der Waals surface area (Å²) in [6, 6.07) is 52.5. The Morgan fingerprint density at radius 2 is 1.05 bits per heavy atom. The van der Waals surface area contributed by atoms with Gasteiger partial charge in [-0.1, -0.05) is 121 Å². The highest BCUT2D eigenvalue weighted by molar-refractivity contribution is 5.89. The zero-order chi connectivity index (χ0) is 28.1. The van der Waals surface area contributed by atoms with E-state index in [2.05, 4.69) is 114 Å². The molecule has 200 valence electrons. The maximum Gasteiger partial charge on any atom is 0.0952 e. The fourth-order valence-corrected chi connectivity index (χ4v) is 4.54. The SMILES string of the molecule is C(=NCc1ccccc1)=Nc1ccc2ccccc2c1.CC(CCc1ccccc1)=Nc1ccc2ccccc2c1. The van der Waals surface area contributed by atoms with E-state index < -0.39 is 0 Å². The maximum absolute atomic E-state index is 4.74. The van der Waals surface area contributed by atoms with Crippen LogP contribution >= 0.6 is 0 Å². The molecule has 0 amide bonds. The van der Waals surface area contributed by atoms with Crippen LogP contribution in [0.4, 0.5) is 11.4 Å². The Morgan fingerprint density at radius 3 is 1.68 bits per heavy atom. The zero-order valence-corrected chi connectivity index (χ0v) is 23.3. The minimum Gasteiger partial charge on any atom is -0.258 e.